The van der Waals surface area contributed by atoms with Crippen molar-refractivity contribution in [2.24, 2.45) is 0 Å². The van der Waals surface area contributed by atoms with E-state index in [2.05, 4.69) is 13.8 Å². The Morgan fingerprint density at radius 2 is 1.96 bits per heavy atom. The van der Waals surface area contributed by atoms with Crippen LogP contribution in [-0.4, -0.2) is 38.5 Å². The number of aryl methyl sites for hydroxylation is 1. The Morgan fingerprint density at radius 1 is 1.23 bits per heavy atom. The normalized spacial score (nSPS) is 24.5. The summed E-state index contributed by atoms with van der Waals surface area (Å²) in [5.41, 5.74) is 3.10. The number of rotatable bonds is 2. The van der Waals surface area contributed by atoms with Crippen LogP contribution in [0.4, 0.5) is 5.00 Å². The second kappa shape index (κ2) is 6.48. The van der Waals surface area contributed by atoms with Gasteiger partial charge in [0.1, 0.15) is 23.3 Å². The van der Waals surface area contributed by atoms with Crippen molar-refractivity contribution in [3.05, 3.63) is 51.9 Å². The molecule has 2 aliphatic heterocycles. The molecule has 4 rings (SSSR count). The van der Waals surface area contributed by atoms with Crippen molar-refractivity contribution < 1.29 is 18.1 Å². The molecule has 7 heteroatoms. The minimum Gasteiger partial charge on any atom is -0.310 e. The number of thiophene rings is 1. The number of nitrogens with zero attached hydrogens (tertiary/aromatic N) is 1. The van der Waals surface area contributed by atoms with Crippen molar-refractivity contribution in [3.8, 4) is 0 Å². The van der Waals surface area contributed by atoms with E-state index in [1.807, 2.05) is 35.2 Å². The summed E-state index contributed by atoms with van der Waals surface area (Å²) < 4.78 is 23.9. The maximum absolute atomic E-state index is 13.2. The molecule has 0 bridgehead atoms. The van der Waals surface area contributed by atoms with Gasteiger partial charge in [-0.05, 0) is 31.5 Å². The molecule has 1 aromatic heterocycles. The molecule has 0 radical (unpaired) electrons. The second-order valence-electron chi connectivity index (χ2n) is 7.26. The summed E-state index contributed by atoms with van der Waals surface area (Å²) >= 11 is 1.67. The highest BCUT2D eigenvalue weighted by molar-refractivity contribution is 7.91. The zero-order chi connectivity index (χ0) is 18.5. The van der Waals surface area contributed by atoms with Gasteiger partial charge in [0.15, 0.2) is 16.5 Å². The number of amides is 1. The van der Waals surface area contributed by atoms with Crippen LogP contribution in [0.25, 0.3) is 0 Å². The molecule has 1 aromatic carbocycles. The number of carbonyl (C=O) groups excluding carboxylic acids is 1. The molecule has 2 atom stereocenters. The topological polar surface area (TPSA) is 58.9 Å². The largest absolute Gasteiger partial charge is 0.310 e. The predicted molar refractivity (Wildman–Crippen MR) is 104 cm³/mol. The van der Waals surface area contributed by atoms with Gasteiger partial charge in [-0.3, -0.25) is 9.69 Å². The number of nitrogens with one attached hydrogen (secondary N) is 1. The maximum Gasteiger partial charge on any atom is 0.263 e. The smallest absolute Gasteiger partial charge is 0.263 e. The van der Waals surface area contributed by atoms with E-state index >= 15 is 0 Å². The standard InChI is InChI=1S/C19H22N2O3S2/c1-13-14(2)25-19-17(13)10-20(16-8-9-26(23,24)11-16)12-21(19)18(22)15-6-4-3-5-7-15/h3-7,16H,8-12H2,1-2H3/p+1/t16-/m0/s1. The molecule has 1 amide bonds. The van der Waals surface area contributed by atoms with Gasteiger partial charge in [-0.25, -0.2) is 8.42 Å². The number of hydrogen-bond donors (Lipinski definition) is 1. The van der Waals surface area contributed by atoms with Crippen molar-refractivity contribution in [3.63, 3.8) is 0 Å². The van der Waals surface area contributed by atoms with Crippen LogP contribution in [0.1, 0.15) is 32.8 Å². The Labute approximate surface area is 158 Å². The second-order valence-corrected chi connectivity index (χ2v) is 10.7. The number of sulfone groups is 1. The van der Waals surface area contributed by atoms with Crippen molar-refractivity contribution in [1.29, 1.82) is 0 Å². The fourth-order valence-electron chi connectivity index (χ4n) is 3.93. The molecule has 1 unspecified atom stereocenters. The quantitative estimate of drug-likeness (QED) is 0.845. The summed E-state index contributed by atoms with van der Waals surface area (Å²) in [5.74, 6) is 0.487. The van der Waals surface area contributed by atoms with Crippen LogP contribution >= 0.6 is 11.3 Å². The van der Waals surface area contributed by atoms with E-state index in [0.717, 1.165) is 11.5 Å². The number of anilines is 1. The predicted octanol–water partition coefficient (Wildman–Crippen LogP) is 1.55. The molecule has 1 fully saturated rings. The zero-order valence-corrected chi connectivity index (χ0v) is 16.6. The molecule has 2 aromatic rings. The van der Waals surface area contributed by atoms with Crippen molar-refractivity contribution in [2.75, 3.05) is 23.1 Å². The van der Waals surface area contributed by atoms with Gasteiger partial charge in [0.2, 0.25) is 0 Å². The Balaban J connectivity index is 1.71. The number of benzene rings is 1. The Bertz CT molecular complexity index is 951. The zero-order valence-electron chi connectivity index (χ0n) is 15.0. The van der Waals surface area contributed by atoms with Crippen LogP contribution in [-0.2, 0) is 16.4 Å². The van der Waals surface area contributed by atoms with Crippen LogP contribution in [0.3, 0.4) is 0 Å². The highest BCUT2D eigenvalue weighted by atomic mass is 32.2. The summed E-state index contributed by atoms with van der Waals surface area (Å²) in [7, 11) is -2.94. The van der Waals surface area contributed by atoms with Crippen molar-refractivity contribution >= 4 is 32.1 Å². The minimum atomic E-state index is -2.94. The van der Waals surface area contributed by atoms with Crippen LogP contribution in [0.5, 0.6) is 0 Å². The third-order valence-electron chi connectivity index (χ3n) is 5.57. The van der Waals surface area contributed by atoms with E-state index in [1.54, 1.807) is 11.3 Å². The molecule has 5 nitrogen and oxygen atoms in total. The summed E-state index contributed by atoms with van der Waals surface area (Å²) in [5, 5.41) is 1.03. The van der Waals surface area contributed by atoms with Gasteiger partial charge in [-0.2, -0.15) is 0 Å². The van der Waals surface area contributed by atoms with Gasteiger partial charge in [0.05, 0.1) is 5.75 Å². The van der Waals surface area contributed by atoms with Crippen LogP contribution < -0.4 is 9.80 Å². The van der Waals surface area contributed by atoms with E-state index in [9.17, 15) is 13.2 Å². The lowest BCUT2D eigenvalue weighted by molar-refractivity contribution is -0.936. The summed E-state index contributed by atoms with van der Waals surface area (Å²) in [6.07, 6.45) is 0.683. The number of quaternary nitrogens is 1. The summed E-state index contributed by atoms with van der Waals surface area (Å²) in [4.78, 5) is 17.4. The molecule has 3 heterocycles. The number of hydrogen-bond acceptors (Lipinski definition) is 4. The monoisotopic (exact) mass is 391 g/mol. The molecule has 2 aliphatic rings. The van der Waals surface area contributed by atoms with Crippen LogP contribution in [0, 0.1) is 13.8 Å². The van der Waals surface area contributed by atoms with E-state index in [-0.39, 0.29) is 23.5 Å². The van der Waals surface area contributed by atoms with Gasteiger partial charge >= 0.3 is 0 Å². The lowest BCUT2D eigenvalue weighted by Crippen LogP contribution is -3.17. The molecule has 138 valence electrons. The third-order valence-corrected chi connectivity index (χ3v) is 8.62. The average molecular weight is 392 g/mol. The maximum atomic E-state index is 13.2. The Hall–Kier alpha value is -1.70. The molecule has 0 aliphatic carbocycles. The lowest BCUT2D eigenvalue weighted by atomic mass is 10.1. The van der Waals surface area contributed by atoms with E-state index in [1.165, 1.54) is 20.9 Å². The van der Waals surface area contributed by atoms with Gasteiger partial charge < -0.3 is 4.90 Å². The summed E-state index contributed by atoms with van der Waals surface area (Å²) in [6, 6.07) is 9.39. The van der Waals surface area contributed by atoms with E-state index in [4.69, 9.17) is 0 Å². The molecule has 26 heavy (non-hydrogen) atoms. The Morgan fingerprint density at radius 3 is 2.62 bits per heavy atom. The average Bonchev–Trinajstić information content (AvgIpc) is 3.14. The van der Waals surface area contributed by atoms with Gasteiger partial charge in [0, 0.05) is 22.4 Å². The van der Waals surface area contributed by atoms with Crippen molar-refractivity contribution in [1.82, 2.24) is 0 Å². The van der Waals surface area contributed by atoms with Crippen LogP contribution in [0.15, 0.2) is 30.3 Å². The summed E-state index contributed by atoms with van der Waals surface area (Å²) in [6.45, 7) is 5.51. The molecular formula is C19H23N2O3S2+. The van der Waals surface area contributed by atoms with Crippen molar-refractivity contribution in [2.45, 2.75) is 32.9 Å². The molecule has 1 N–H and O–H groups in total. The highest BCUT2D eigenvalue weighted by Gasteiger charge is 2.41. The van der Waals surface area contributed by atoms with Gasteiger partial charge in [0.25, 0.3) is 5.91 Å². The van der Waals surface area contributed by atoms with E-state index < -0.39 is 9.84 Å². The first-order valence-corrected chi connectivity index (χ1v) is 11.5. The van der Waals surface area contributed by atoms with Crippen LogP contribution in [0.2, 0.25) is 0 Å². The third kappa shape index (κ3) is 3.08. The fraction of sp³-hybridized carbons (Fsp3) is 0.421. The molecular weight excluding hydrogens is 368 g/mol. The first-order chi connectivity index (χ1) is 12.4. The van der Waals surface area contributed by atoms with Gasteiger partial charge in [-0.1, -0.05) is 18.2 Å². The fourth-order valence-corrected chi connectivity index (χ4v) is 6.93. The highest BCUT2D eigenvalue weighted by Crippen LogP contribution is 2.37. The first-order valence-electron chi connectivity index (χ1n) is 8.86. The number of carbonyl (C=O) groups is 1. The van der Waals surface area contributed by atoms with Gasteiger partial charge in [-0.15, -0.1) is 11.3 Å². The molecule has 0 spiro atoms. The number of fused-ring (bicyclic) bond motifs is 1. The first kappa shape index (κ1) is 17.7. The molecule has 0 saturated carbocycles. The SMILES string of the molecule is Cc1sc2c(c1C)C[NH+]([C@H]1CCS(=O)(=O)C1)CN2C(=O)c1ccccc1. The molecule has 1 saturated heterocycles. The Kier molecular flexibility index (Phi) is 4.41. The lowest BCUT2D eigenvalue weighted by Gasteiger charge is -2.35. The minimum absolute atomic E-state index is 0.00819. The van der Waals surface area contributed by atoms with E-state index in [0.29, 0.717) is 18.7 Å².